The number of hydrogen-bond donors (Lipinski definition) is 2. The monoisotopic (exact) mass is 496 g/mol. The molecule has 1 fully saturated rings. The van der Waals surface area contributed by atoms with Gasteiger partial charge in [0.1, 0.15) is 5.82 Å². The molecule has 2 aromatic carbocycles. The fourth-order valence-corrected chi connectivity index (χ4v) is 4.41. The zero-order valence-corrected chi connectivity index (χ0v) is 21.1. The summed E-state index contributed by atoms with van der Waals surface area (Å²) in [6.07, 6.45) is 1.65. The SMILES string of the molecule is CC(C)C#Cc1cc2cnc(Nc3ccc(N4CCNC(C)C4)c(F)c3)nc2n(-c2ccccc2)c1=O. The molecule has 0 bridgehead atoms. The minimum Gasteiger partial charge on any atom is -0.366 e. The number of fused-ring (bicyclic) bond motifs is 1. The molecule has 37 heavy (non-hydrogen) atoms. The van der Waals surface area contributed by atoms with Crippen LogP contribution in [0.5, 0.6) is 0 Å². The predicted octanol–water partition coefficient (Wildman–Crippen LogP) is 4.47. The van der Waals surface area contributed by atoms with Crippen LogP contribution in [0.1, 0.15) is 26.3 Å². The van der Waals surface area contributed by atoms with Crippen LogP contribution in [0, 0.1) is 23.6 Å². The normalized spacial score (nSPS) is 15.5. The van der Waals surface area contributed by atoms with Crippen LogP contribution >= 0.6 is 0 Å². The number of benzene rings is 2. The molecule has 7 nitrogen and oxygen atoms in total. The van der Waals surface area contributed by atoms with Crippen molar-refractivity contribution in [2.45, 2.75) is 26.8 Å². The van der Waals surface area contributed by atoms with E-state index in [4.69, 9.17) is 0 Å². The first-order valence-electron chi connectivity index (χ1n) is 12.4. The first-order chi connectivity index (χ1) is 17.9. The maximum Gasteiger partial charge on any atom is 0.272 e. The van der Waals surface area contributed by atoms with Crippen LogP contribution in [0.4, 0.5) is 21.7 Å². The van der Waals surface area contributed by atoms with E-state index in [9.17, 15) is 4.79 Å². The van der Waals surface area contributed by atoms with E-state index in [1.807, 2.05) is 55.1 Å². The summed E-state index contributed by atoms with van der Waals surface area (Å²) in [6, 6.07) is 16.4. The van der Waals surface area contributed by atoms with Gasteiger partial charge in [-0.15, -0.1) is 0 Å². The topological polar surface area (TPSA) is 75.1 Å². The van der Waals surface area contributed by atoms with E-state index < -0.39 is 0 Å². The Morgan fingerprint density at radius 2 is 1.97 bits per heavy atom. The highest BCUT2D eigenvalue weighted by molar-refractivity contribution is 5.79. The fraction of sp³-hybridized carbons (Fsp3) is 0.276. The number of piperazine rings is 1. The Balaban J connectivity index is 1.53. The van der Waals surface area contributed by atoms with Crippen molar-refractivity contribution in [3.8, 4) is 17.5 Å². The predicted molar refractivity (Wildman–Crippen MR) is 146 cm³/mol. The smallest absolute Gasteiger partial charge is 0.272 e. The van der Waals surface area contributed by atoms with E-state index in [0.717, 1.165) is 19.6 Å². The Kier molecular flexibility index (Phi) is 6.89. The highest BCUT2D eigenvalue weighted by Gasteiger charge is 2.19. The van der Waals surface area contributed by atoms with Crippen molar-refractivity contribution in [2.24, 2.45) is 5.92 Å². The van der Waals surface area contributed by atoms with Gasteiger partial charge in [-0.1, -0.05) is 43.9 Å². The van der Waals surface area contributed by atoms with Crippen LogP contribution < -0.4 is 21.1 Å². The van der Waals surface area contributed by atoms with E-state index in [2.05, 4.69) is 39.4 Å². The third kappa shape index (κ3) is 5.32. The standard InChI is InChI=1S/C29H29FN6O/c1-19(2)9-10-21-15-22-17-32-29(34-27(22)36(28(21)37)24-7-5-4-6-8-24)33-23-11-12-26(25(30)16-23)35-14-13-31-20(3)18-35/h4-8,11-12,15-17,19-20,31H,13-14,18H2,1-3H3,(H,32,33,34). The summed E-state index contributed by atoms with van der Waals surface area (Å²) in [5, 5.41) is 7.14. The van der Waals surface area contributed by atoms with Crippen LogP contribution in [0.3, 0.4) is 0 Å². The van der Waals surface area contributed by atoms with Gasteiger partial charge in [0, 0.05) is 48.9 Å². The Labute approximate surface area is 215 Å². The zero-order chi connectivity index (χ0) is 25.9. The Morgan fingerprint density at radius 3 is 2.70 bits per heavy atom. The third-order valence-electron chi connectivity index (χ3n) is 6.16. The lowest BCUT2D eigenvalue weighted by molar-refractivity contribution is 0.478. The summed E-state index contributed by atoms with van der Waals surface area (Å²) in [4.78, 5) is 24.6. The lowest BCUT2D eigenvalue weighted by atomic mass is 10.1. The lowest BCUT2D eigenvalue weighted by Gasteiger charge is -2.33. The molecule has 1 saturated heterocycles. The number of rotatable bonds is 4. The van der Waals surface area contributed by atoms with Crippen molar-refractivity contribution in [1.29, 1.82) is 0 Å². The summed E-state index contributed by atoms with van der Waals surface area (Å²) in [6.45, 7) is 8.36. The third-order valence-corrected chi connectivity index (χ3v) is 6.16. The van der Waals surface area contributed by atoms with Crippen molar-refractivity contribution in [3.05, 3.63) is 82.5 Å². The van der Waals surface area contributed by atoms with Crippen molar-refractivity contribution < 1.29 is 4.39 Å². The van der Waals surface area contributed by atoms with Crippen LogP contribution in [-0.4, -0.2) is 40.2 Å². The molecule has 1 unspecified atom stereocenters. The molecule has 1 atom stereocenters. The molecule has 2 aromatic heterocycles. The van der Waals surface area contributed by atoms with Crippen molar-refractivity contribution >= 4 is 28.4 Å². The molecule has 1 aliphatic rings. The largest absolute Gasteiger partial charge is 0.366 e. The van der Waals surface area contributed by atoms with Gasteiger partial charge >= 0.3 is 0 Å². The van der Waals surface area contributed by atoms with E-state index in [1.165, 1.54) is 6.07 Å². The molecule has 4 aromatic rings. The summed E-state index contributed by atoms with van der Waals surface area (Å²) >= 11 is 0. The van der Waals surface area contributed by atoms with Gasteiger partial charge in [-0.05, 0) is 43.3 Å². The second kappa shape index (κ2) is 10.4. The number of halogens is 1. The highest BCUT2D eigenvalue weighted by atomic mass is 19.1. The van der Waals surface area contributed by atoms with Crippen LogP contribution in [0.2, 0.25) is 0 Å². The van der Waals surface area contributed by atoms with Crippen molar-refractivity contribution in [2.75, 3.05) is 29.9 Å². The molecule has 0 saturated carbocycles. The Hall–Kier alpha value is -4.22. The minimum absolute atomic E-state index is 0.130. The average Bonchev–Trinajstić information content (AvgIpc) is 2.88. The number of nitrogens with one attached hydrogen (secondary N) is 2. The Morgan fingerprint density at radius 1 is 1.16 bits per heavy atom. The van der Waals surface area contributed by atoms with Gasteiger partial charge in [0.2, 0.25) is 5.95 Å². The van der Waals surface area contributed by atoms with Gasteiger partial charge in [0.05, 0.1) is 16.9 Å². The average molecular weight is 497 g/mol. The van der Waals surface area contributed by atoms with Gasteiger partial charge in [0.15, 0.2) is 5.65 Å². The van der Waals surface area contributed by atoms with E-state index >= 15 is 4.39 Å². The van der Waals surface area contributed by atoms with E-state index in [1.54, 1.807) is 22.9 Å². The number of nitrogens with zero attached hydrogens (tertiary/aromatic N) is 4. The van der Waals surface area contributed by atoms with Gasteiger partial charge in [-0.2, -0.15) is 4.98 Å². The number of hydrogen-bond acceptors (Lipinski definition) is 6. The van der Waals surface area contributed by atoms with E-state index in [0.29, 0.717) is 39.7 Å². The molecule has 2 N–H and O–H groups in total. The van der Waals surface area contributed by atoms with Crippen LogP contribution in [0.15, 0.2) is 65.6 Å². The molecule has 0 spiro atoms. The van der Waals surface area contributed by atoms with Crippen LogP contribution in [-0.2, 0) is 0 Å². The van der Waals surface area contributed by atoms with Crippen LogP contribution in [0.25, 0.3) is 16.7 Å². The minimum atomic E-state index is -0.311. The number of aromatic nitrogens is 3. The molecule has 0 radical (unpaired) electrons. The molecule has 0 amide bonds. The van der Waals surface area contributed by atoms with E-state index in [-0.39, 0.29) is 23.2 Å². The van der Waals surface area contributed by atoms with Gasteiger partial charge in [-0.25, -0.2) is 9.37 Å². The molecule has 8 heteroatoms. The maximum absolute atomic E-state index is 15.0. The molecule has 0 aliphatic carbocycles. The molecule has 5 rings (SSSR count). The van der Waals surface area contributed by atoms with Crippen molar-refractivity contribution in [1.82, 2.24) is 19.9 Å². The molecule has 188 valence electrons. The van der Waals surface area contributed by atoms with Gasteiger partial charge < -0.3 is 15.5 Å². The highest BCUT2D eigenvalue weighted by Crippen LogP contribution is 2.26. The van der Waals surface area contributed by atoms with Gasteiger partial charge in [-0.3, -0.25) is 9.36 Å². The number of anilines is 3. The summed E-state index contributed by atoms with van der Waals surface area (Å²) in [7, 11) is 0. The number of para-hydroxylation sites is 1. The first kappa shape index (κ1) is 24.5. The lowest BCUT2D eigenvalue weighted by Crippen LogP contribution is -2.49. The number of pyridine rings is 1. The first-order valence-corrected chi connectivity index (χ1v) is 12.4. The fourth-order valence-electron chi connectivity index (χ4n) is 4.41. The summed E-state index contributed by atoms with van der Waals surface area (Å²) in [5.74, 6) is 6.16. The van der Waals surface area contributed by atoms with Crippen molar-refractivity contribution in [3.63, 3.8) is 0 Å². The molecule has 3 heterocycles. The molecular formula is C29H29FN6O. The molecular weight excluding hydrogens is 467 g/mol. The zero-order valence-electron chi connectivity index (χ0n) is 21.1. The van der Waals surface area contributed by atoms with Gasteiger partial charge in [0.25, 0.3) is 5.56 Å². The Bertz CT molecular complexity index is 1550. The second-order valence-electron chi connectivity index (χ2n) is 9.52. The summed E-state index contributed by atoms with van der Waals surface area (Å²) in [5.41, 5.74) is 2.35. The summed E-state index contributed by atoms with van der Waals surface area (Å²) < 4.78 is 16.6. The second-order valence-corrected chi connectivity index (χ2v) is 9.52. The quantitative estimate of drug-likeness (QED) is 0.406. The maximum atomic E-state index is 15.0. The molecule has 1 aliphatic heterocycles.